The van der Waals surface area contributed by atoms with E-state index in [2.05, 4.69) is 0 Å². The van der Waals surface area contributed by atoms with Gasteiger partial charge in [-0.3, -0.25) is 0 Å². The fourth-order valence-electron chi connectivity index (χ4n) is 1.41. The van der Waals surface area contributed by atoms with E-state index in [9.17, 15) is 8.42 Å². The van der Waals surface area contributed by atoms with Crippen LogP contribution in [0.4, 0.5) is 0 Å². The molecule has 5 nitrogen and oxygen atoms in total. The maximum Gasteiger partial charge on any atom is 0.222 e. The average Bonchev–Trinajstić information content (AvgIpc) is 2.31. The minimum absolute atomic E-state index is 0.0272. The summed E-state index contributed by atoms with van der Waals surface area (Å²) in [4.78, 5) is 0. The Kier molecular flexibility index (Phi) is 3.55. The largest absolute Gasteiger partial charge is 0.339 e. The molecule has 1 heterocycles. The monoisotopic (exact) mass is 243 g/mol. The molecule has 1 fully saturated rings. The van der Waals surface area contributed by atoms with Crippen molar-refractivity contribution in [1.82, 2.24) is 4.31 Å². The van der Waals surface area contributed by atoms with E-state index in [4.69, 9.17) is 9.47 Å². The van der Waals surface area contributed by atoms with Crippen molar-refractivity contribution in [3.05, 3.63) is 35.9 Å². The summed E-state index contributed by atoms with van der Waals surface area (Å²) in [5, 5.41) is 0. The number of rotatable bonds is 3. The Labute approximate surface area is 94.6 Å². The summed E-state index contributed by atoms with van der Waals surface area (Å²) in [7, 11) is -3.35. The van der Waals surface area contributed by atoms with E-state index in [1.807, 2.05) is 18.2 Å². The molecule has 1 aliphatic heterocycles. The van der Waals surface area contributed by atoms with Crippen molar-refractivity contribution in [3.63, 3.8) is 0 Å². The van der Waals surface area contributed by atoms with Gasteiger partial charge in [-0.2, -0.15) is 4.31 Å². The molecule has 0 bridgehead atoms. The molecule has 16 heavy (non-hydrogen) atoms. The summed E-state index contributed by atoms with van der Waals surface area (Å²) in [6, 6.07) is 9.04. The molecule has 0 unspecified atom stereocenters. The van der Waals surface area contributed by atoms with Crippen LogP contribution in [0.2, 0.25) is 0 Å². The summed E-state index contributed by atoms with van der Waals surface area (Å²) < 4.78 is 34.9. The molecular formula is C10H13NO4S. The average molecular weight is 243 g/mol. The molecule has 1 aromatic rings. The lowest BCUT2D eigenvalue weighted by atomic mass is 10.2. The van der Waals surface area contributed by atoms with E-state index in [0.29, 0.717) is 0 Å². The van der Waals surface area contributed by atoms with Crippen molar-refractivity contribution in [2.24, 2.45) is 0 Å². The number of hydrogen-bond acceptors (Lipinski definition) is 4. The number of sulfonamides is 1. The van der Waals surface area contributed by atoms with Crippen LogP contribution in [0.15, 0.2) is 30.3 Å². The van der Waals surface area contributed by atoms with Crippen LogP contribution in [-0.2, 0) is 25.2 Å². The van der Waals surface area contributed by atoms with Crippen LogP contribution in [0.1, 0.15) is 5.56 Å². The van der Waals surface area contributed by atoms with Gasteiger partial charge in [0.2, 0.25) is 10.0 Å². The first-order valence-electron chi connectivity index (χ1n) is 4.86. The van der Waals surface area contributed by atoms with Gasteiger partial charge >= 0.3 is 0 Å². The number of ether oxygens (including phenoxy) is 2. The summed E-state index contributed by atoms with van der Waals surface area (Å²) >= 11 is 0. The lowest BCUT2D eigenvalue weighted by Crippen LogP contribution is -2.40. The second-order valence-electron chi connectivity index (χ2n) is 3.48. The van der Waals surface area contributed by atoms with E-state index in [1.54, 1.807) is 12.1 Å². The molecule has 0 radical (unpaired) electrons. The highest BCUT2D eigenvalue weighted by Gasteiger charge is 2.25. The van der Waals surface area contributed by atoms with E-state index in [0.717, 1.165) is 5.56 Å². The summed E-state index contributed by atoms with van der Waals surface area (Å²) in [6.07, 6.45) is 0. The molecule has 2 rings (SSSR count). The molecule has 1 saturated heterocycles. The predicted octanol–water partition coefficient (Wildman–Crippen LogP) is 0.738. The fourth-order valence-corrected chi connectivity index (χ4v) is 2.68. The van der Waals surface area contributed by atoms with Crippen molar-refractivity contribution >= 4 is 10.0 Å². The van der Waals surface area contributed by atoms with Crippen LogP contribution >= 0.6 is 0 Å². The third-order valence-electron chi connectivity index (χ3n) is 2.22. The zero-order chi connectivity index (χ0) is 11.4. The Morgan fingerprint density at radius 2 is 1.75 bits per heavy atom. The molecule has 0 atom stereocenters. The molecule has 1 aliphatic rings. The zero-order valence-electron chi connectivity index (χ0n) is 8.70. The van der Waals surface area contributed by atoms with Gasteiger partial charge in [-0.1, -0.05) is 30.3 Å². The molecule has 0 aromatic heterocycles. The second-order valence-corrected chi connectivity index (χ2v) is 5.45. The quantitative estimate of drug-likeness (QED) is 0.785. The van der Waals surface area contributed by atoms with E-state index >= 15 is 0 Å². The van der Waals surface area contributed by atoms with Crippen LogP contribution in [0, 0.1) is 0 Å². The molecule has 0 aliphatic carbocycles. The number of hydrogen-bond donors (Lipinski definition) is 0. The fraction of sp³-hybridized carbons (Fsp3) is 0.400. The molecule has 1 aromatic carbocycles. The maximum absolute atomic E-state index is 11.9. The van der Waals surface area contributed by atoms with Crippen molar-refractivity contribution in [2.75, 3.05) is 20.3 Å². The minimum Gasteiger partial charge on any atom is -0.339 e. The van der Waals surface area contributed by atoms with E-state index in [-0.39, 0.29) is 26.0 Å². The van der Waals surface area contributed by atoms with Crippen LogP contribution in [0.5, 0.6) is 0 Å². The molecule has 0 amide bonds. The van der Waals surface area contributed by atoms with Gasteiger partial charge in [0.1, 0.15) is 20.3 Å². The van der Waals surface area contributed by atoms with Gasteiger partial charge in [0, 0.05) is 0 Å². The molecule has 0 saturated carbocycles. The summed E-state index contributed by atoms with van der Waals surface area (Å²) in [5.74, 6) is -0.0272. The van der Waals surface area contributed by atoms with Crippen molar-refractivity contribution in [3.8, 4) is 0 Å². The van der Waals surface area contributed by atoms with Gasteiger partial charge in [0.15, 0.2) is 0 Å². The van der Waals surface area contributed by atoms with Gasteiger partial charge in [-0.25, -0.2) is 8.42 Å². The second kappa shape index (κ2) is 4.92. The lowest BCUT2D eigenvalue weighted by molar-refractivity contribution is -0.153. The molecule has 0 spiro atoms. The summed E-state index contributed by atoms with van der Waals surface area (Å²) in [5.41, 5.74) is 0.757. The minimum atomic E-state index is -3.35. The van der Waals surface area contributed by atoms with Crippen molar-refractivity contribution in [2.45, 2.75) is 5.75 Å². The van der Waals surface area contributed by atoms with Crippen LogP contribution in [0.3, 0.4) is 0 Å². The Morgan fingerprint density at radius 3 is 2.38 bits per heavy atom. The van der Waals surface area contributed by atoms with Gasteiger partial charge < -0.3 is 9.47 Å². The Bertz CT molecular complexity index is 425. The van der Waals surface area contributed by atoms with Gasteiger partial charge in [-0.05, 0) is 5.56 Å². The van der Waals surface area contributed by atoms with Crippen LogP contribution in [-0.4, -0.2) is 33.0 Å². The normalized spacial score (nSPS) is 18.5. The van der Waals surface area contributed by atoms with E-state index < -0.39 is 10.0 Å². The first kappa shape index (κ1) is 11.5. The standard InChI is InChI=1S/C10H13NO4S/c12-16(13,11-7-14-9-15-8-11)6-10-4-2-1-3-5-10/h1-5H,6-9H2. The third kappa shape index (κ3) is 2.79. The Balaban J connectivity index is 2.08. The Morgan fingerprint density at radius 1 is 1.12 bits per heavy atom. The highest BCUT2D eigenvalue weighted by molar-refractivity contribution is 7.88. The first-order chi connectivity index (χ1) is 7.68. The molecular weight excluding hydrogens is 230 g/mol. The summed E-state index contributed by atoms with van der Waals surface area (Å²) in [6.45, 7) is 0.279. The van der Waals surface area contributed by atoms with Gasteiger partial charge in [0.25, 0.3) is 0 Å². The zero-order valence-corrected chi connectivity index (χ0v) is 9.52. The van der Waals surface area contributed by atoms with Crippen molar-refractivity contribution in [1.29, 1.82) is 0 Å². The molecule has 88 valence electrons. The van der Waals surface area contributed by atoms with Crippen molar-refractivity contribution < 1.29 is 17.9 Å². The lowest BCUT2D eigenvalue weighted by Gasteiger charge is -2.25. The third-order valence-corrected chi connectivity index (χ3v) is 3.92. The maximum atomic E-state index is 11.9. The van der Waals surface area contributed by atoms with Gasteiger partial charge in [-0.15, -0.1) is 0 Å². The molecule has 6 heteroatoms. The smallest absolute Gasteiger partial charge is 0.222 e. The highest BCUT2D eigenvalue weighted by atomic mass is 32.2. The number of nitrogens with zero attached hydrogens (tertiary/aromatic N) is 1. The topological polar surface area (TPSA) is 55.8 Å². The van der Waals surface area contributed by atoms with Crippen LogP contribution in [0.25, 0.3) is 0 Å². The SMILES string of the molecule is O=S(=O)(Cc1ccccc1)N1COCOC1. The first-order valence-corrected chi connectivity index (χ1v) is 6.47. The highest BCUT2D eigenvalue weighted by Crippen LogP contribution is 2.12. The number of benzene rings is 1. The molecule has 0 N–H and O–H groups in total. The Hall–Kier alpha value is -0.950. The van der Waals surface area contributed by atoms with Crippen LogP contribution < -0.4 is 0 Å². The van der Waals surface area contributed by atoms with E-state index in [1.165, 1.54) is 4.31 Å². The predicted molar refractivity (Wildman–Crippen MR) is 57.7 cm³/mol. The van der Waals surface area contributed by atoms with Gasteiger partial charge in [0.05, 0.1) is 5.75 Å².